The Bertz CT molecular complexity index is 700. The van der Waals surface area contributed by atoms with E-state index in [-0.39, 0.29) is 24.0 Å². The number of hydrogen-bond acceptors (Lipinski definition) is 5. The average Bonchev–Trinajstić information content (AvgIpc) is 3.24. The third-order valence-electron chi connectivity index (χ3n) is 4.02. The fraction of sp³-hybridized carbons (Fsp3) is 0.611. The van der Waals surface area contributed by atoms with E-state index in [1.165, 1.54) is 9.75 Å². The predicted octanol–water partition coefficient (Wildman–Crippen LogP) is 3.03. The molecule has 0 fully saturated rings. The molecule has 2 aromatic heterocycles. The van der Waals surface area contributed by atoms with Gasteiger partial charge in [-0.05, 0) is 38.8 Å². The van der Waals surface area contributed by atoms with E-state index in [1.54, 1.807) is 0 Å². The maximum atomic E-state index is 5.39. The molecule has 0 unspecified atom stereocenters. The van der Waals surface area contributed by atoms with Crippen LogP contribution in [0.5, 0.6) is 0 Å². The molecule has 0 saturated carbocycles. The SMILES string of the molecule is CCOCCCNC(=NCc1nnc(C)n1C)NCc1ccc(CC)s1.I. The van der Waals surface area contributed by atoms with Gasteiger partial charge in [0.15, 0.2) is 11.8 Å². The Morgan fingerprint density at radius 3 is 2.63 bits per heavy atom. The van der Waals surface area contributed by atoms with Gasteiger partial charge < -0.3 is 19.9 Å². The van der Waals surface area contributed by atoms with Crippen LogP contribution in [0.25, 0.3) is 0 Å². The normalized spacial score (nSPS) is 11.3. The molecule has 2 aromatic rings. The lowest BCUT2D eigenvalue weighted by Crippen LogP contribution is -2.37. The number of aliphatic imine (C=N–C) groups is 1. The topological polar surface area (TPSA) is 76.4 Å². The lowest BCUT2D eigenvalue weighted by Gasteiger charge is -2.12. The molecule has 0 aliphatic heterocycles. The minimum Gasteiger partial charge on any atom is -0.382 e. The summed E-state index contributed by atoms with van der Waals surface area (Å²) in [5, 5.41) is 15.0. The molecule has 0 radical (unpaired) electrons. The quantitative estimate of drug-likeness (QED) is 0.224. The number of nitrogens with one attached hydrogen (secondary N) is 2. The van der Waals surface area contributed by atoms with Gasteiger partial charge in [-0.15, -0.1) is 45.5 Å². The highest BCUT2D eigenvalue weighted by atomic mass is 127. The van der Waals surface area contributed by atoms with Crippen molar-refractivity contribution in [2.24, 2.45) is 12.0 Å². The van der Waals surface area contributed by atoms with Crippen LogP contribution >= 0.6 is 35.3 Å². The predicted molar refractivity (Wildman–Crippen MR) is 122 cm³/mol. The fourth-order valence-corrected chi connectivity index (χ4v) is 3.21. The smallest absolute Gasteiger partial charge is 0.192 e. The van der Waals surface area contributed by atoms with Crippen LogP contribution in [0.3, 0.4) is 0 Å². The van der Waals surface area contributed by atoms with Gasteiger partial charge in [-0.3, -0.25) is 0 Å². The average molecular weight is 506 g/mol. The Morgan fingerprint density at radius 1 is 1.22 bits per heavy atom. The number of guanidine groups is 1. The zero-order valence-electron chi connectivity index (χ0n) is 16.6. The molecule has 2 N–H and O–H groups in total. The van der Waals surface area contributed by atoms with Gasteiger partial charge in [-0.2, -0.15) is 0 Å². The van der Waals surface area contributed by atoms with Crippen molar-refractivity contribution in [2.75, 3.05) is 19.8 Å². The first kappa shape index (κ1) is 23.8. The Morgan fingerprint density at radius 2 is 2.00 bits per heavy atom. The summed E-state index contributed by atoms with van der Waals surface area (Å²) in [7, 11) is 1.96. The van der Waals surface area contributed by atoms with Gasteiger partial charge in [-0.1, -0.05) is 6.92 Å². The second kappa shape index (κ2) is 13.1. The number of aromatic nitrogens is 3. The monoisotopic (exact) mass is 506 g/mol. The van der Waals surface area contributed by atoms with Crippen molar-refractivity contribution in [1.29, 1.82) is 0 Å². The minimum atomic E-state index is 0. The Labute approximate surface area is 183 Å². The second-order valence-electron chi connectivity index (χ2n) is 5.94. The van der Waals surface area contributed by atoms with Gasteiger partial charge in [-0.25, -0.2) is 4.99 Å². The summed E-state index contributed by atoms with van der Waals surface area (Å²) in [6, 6.07) is 4.37. The number of ether oxygens (including phenoxy) is 1. The van der Waals surface area contributed by atoms with E-state index >= 15 is 0 Å². The van der Waals surface area contributed by atoms with Crippen LogP contribution in [0.15, 0.2) is 17.1 Å². The molecule has 2 rings (SSSR count). The molecule has 7 nitrogen and oxygen atoms in total. The Kier molecular flexibility index (Phi) is 11.5. The summed E-state index contributed by atoms with van der Waals surface area (Å²) in [4.78, 5) is 7.37. The first-order valence-electron chi connectivity index (χ1n) is 9.16. The molecular formula is C18H31IN6OS. The first-order chi connectivity index (χ1) is 12.6. The van der Waals surface area contributed by atoms with Crippen LogP contribution in [0.2, 0.25) is 0 Å². The maximum Gasteiger partial charge on any atom is 0.192 e. The van der Waals surface area contributed by atoms with E-state index < -0.39 is 0 Å². The first-order valence-corrected chi connectivity index (χ1v) is 9.98. The highest BCUT2D eigenvalue weighted by Crippen LogP contribution is 2.16. The number of rotatable bonds is 10. The lowest BCUT2D eigenvalue weighted by molar-refractivity contribution is 0.145. The van der Waals surface area contributed by atoms with E-state index in [4.69, 9.17) is 4.74 Å². The van der Waals surface area contributed by atoms with Crippen molar-refractivity contribution in [3.8, 4) is 0 Å². The van der Waals surface area contributed by atoms with Gasteiger partial charge in [0.05, 0.1) is 6.54 Å². The molecule has 0 atom stereocenters. The van der Waals surface area contributed by atoms with Crippen LogP contribution in [-0.2, 0) is 31.3 Å². The summed E-state index contributed by atoms with van der Waals surface area (Å²) < 4.78 is 7.35. The van der Waals surface area contributed by atoms with Crippen molar-refractivity contribution in [1.82, 2.24) is 25.4 Å². The summed E-state index contributed by atoms with van der Waals surface area (Å²) >= 11 is 1.84. The van der Waals surface area contributed by atoms with Crippen LogP contribution in [0.4, 0.5) is 0 Å². The maximum absolute atomic E-state index is 5.39. The highest BCUT2D eigenvalue weighted by molar-refractivity contribution is 14.0. The Hall–Kier alpha value is -1.20. The van der Waals surface area contributed by atoms with Crippen molar-refractivity contribution in [3.05, 3.63) is 33.5 Å². The molecule has 0 aliphatic carbocycles. The third kappa shape index (κ3) is 8.14. The number of thiophene rings is 1. The standard InChI is InChI=1S/C18H30N6OS.HI/c1-5-15-8-9-16(26-15)12-20-18(19-10-7-11-25-6-2)21-13-17-23-22-14(3)24(17)4;/h8-9H,5-7,10-13H2,1-4H3,(H2,19,20,21);1H. The summed E-state index contributed by atoms with van der Waals surface area (Å²) in [5.74, 6) is 2.52. The molecule has 0 amide bonds. The number of halogens is 1. The zero-order chi connectivity index (χ0) is 18.8. The Balaban J connectivity index is 0.00000364. The molecule has 27 heavy (non-hydrogen) atoms. The van der Waals surface area contributed by atoms with Crippen molar-refractivity contribution >= 4 is 41.3 Å². The highest BCUT2D eigenvalue weighted by Gasteiger charge is 2.06. The molecule has 0 bridgehead atoms. The van der Waals surface area contributed by atoms with Gasteiger partial charge in [0.1, 0.15) is 12.4 Å². The second-order valence-corrected chi connectivity index (χ2v) is 7.19. The zero-order valence-corrected chi connectivity index (χ0v) is 19.8. The van der Waals surface area contributed by atoms with Crippen molar-refractivity contribution in [3.63, 3.8) is 0 Å². The largest absolute Gasteiger partial charge is 0.382 e. The van der Waals surface area contributed by atoms with E-state index in [1.807, 2.05) is 36.8 Å². The molecule has 2 heterocycles. The molecule has 0 aromatic carbocycles. The van der Waals surface area contributed by atoms with Crippen LogP contribution in [-0.4, -0.2) is 40.5 Å². The minimum absolute atomic E-state index is 0. The molecule has 9 heteroatoms. The van der Waals surface area contributed by atoms with Gasteiger partial charge in [0.2, 0.25) is 0 Å². The summed E-state index contributed by atoms with van der Waals surface area (Å²) in [6.07, 6.45) is 2.02. The van der Waals surface area contributed by atoms with Gasteiger partial charge in [0.25, 0.3) is 0 Å². The lowest BCUT2D eigenvalue weighted by atomic mass is 10.3. The van der Waals surface area contributed by atoms with Crippen LogP contribution < -0.4 is 10.6 Å². The molecule has 0 aliphatic rings. The summed E-state index contributed by atoms with van der Waals surface area (Å²) in [6.45, 7) is 9.70. The van der Waals surface area contributed by atoms with Crippen LogP contribution in [0, 0.1) is 6.92 Å². The van der Waals surface area contributed by atoms with E-state index in [0.717, 1.165) is 56.8 Å². The molecular weight excluding hydrogens is 475 g/mol. The molecule has 0 saturated heterocycles. The number of nitrogens with zero attached hydrogens (tertiary/aromatic N) is 4. The number of hydrogen-bond donors (Lipinski definition) is 2. The van der Waals surface area contributed by atoms with Gasteiger partial charge in [0, 0.05) is 36.6 Å². The number of aryl methyl sites for hydroxylation is 2. The summed E-state index contributed by atoms with van der Waals surface area (Å²) in [5.41, 5.74) is 0. The van der Waals surface area contributed by atoms with Crippen molar-refractivity contribution in [2.45, 2.75) is 46.7 Å². The molecule has 152 valence electrons. The van der Waals surface area contributed by atoms with Gasteiger partial charge >= 0.3 is 0 Å². The van der Waals surface area contributed by atoms with E-state index in [0.29, 0.717) is 6.54 Å². The van der Waals surface area contributed by atoms with Crippen molar-refractivity contribution < 1.29 is 4.74 Å². The fourth-order valence-electron chi connectivity index (χ4n) is 2.32. The molecule has 0 spiro atoms. The third-order valence-corrected chi connectivity index (χ3v) is 5.25. The van der Waals surface area contributed by atoms with Crippen LogP contribution in [0.1, 0.15) is 41.7 Å². The van der Waals surface area contributed by atoms with E-state index in [2.05, 4.69) is 44.9 Å². The van der Waals surface area contributed by atoms with E-state index in [9.17, 15) is 0 Å².